The molecule has 0 spiro atoms. The fourth-order valence-corrected chi connectivity index (χ4v) is 3.51. The van der Waals surface area contributed by atoms with Gasteiger partial charge in [0.05, 0.1) is 19.3 Å². The van der Waals surface area contributed by atoms with Crippen molar-refractivity contribution in [2.45, 2.75) is 39.3 Å². The van der Waals surface area contributed by atoms with Crippen LogP contribution < -0.4 is 10.2 Å². The molecule has 2 unspecified atom stereocenters. The Balaban J connectivity index is 2.19. The van der Waals surface area contributed by atoms with E-state index < -0.39 is 0 Å². The summed E-state index contributed by atoms with van der Waals surface area (Å²) in [7, 11) is 0. The predicted molar refractivity (Wildman–Crippen MR) is 88.5 cm³/mol. The van der Waals surface area contributed by atoms with Crippen molar-refractivity contribution in [2.75, 3.05) is 31.2 Å². The SMILES string of the molecule is CCNC(C)c1ccc(N2CCOCC2CC)cc1Br. The predicted octanol–water partition coefficient (Wildman–Crippen LogP) is 3.73. The number of nitrogens with zero attached hydrogens (tertiary/aromatic N) is 1. The zero-order valence-electron chi connectivity index (χ0n) is 12.7. The summed E-state index contributed by atoms with van der Waals surface area (Å²) in [5, 5.41) is 3.46. The van der Waals surface area contributed by atoms with Crippen LogP contribution in [0.2, 0.25) is 0 Å². The second kappa shape index (κ2) is 7.43. The summed E-state index contributed by atoms with van der Waals surface area (Å²) in [5.41, 5.74) is 2.61. The van der Waals surface area contributed by atoms with Crippen LogP contribution in [0, 0.1) is 0 Å². The van der Waals surface area contributed by atoms with Gasteiger partial charge in [-0.2, -0.15) is 0 Å². The summed E-state index contributed by atoms with van der Waals surface area (Å²) >= 11 is 3.73. The molecule has 1 aliphatic rings. The van der Waals surface area contributed by atoms with E-state index in [1.54, 1.807) is 0 Å². The number of benzene rings is 1. The fraction of sp³-hybridized carbons (Fsp3) is 0.625. The van der Waals surface area contributed by atoms with Gasteiger partial charge in [0.25, 0.3) is 0 Å². The normalized spacial score (nSPS) is 21.0. The highest BCUT2D eigenvalue weighted by Gasteiger charge is 2.22. The van der Waals surface area contributed by atoms with Crippen molar-refractivity contribution in [3.8, 4) is 0 Å². The van der Waals surface area contributed by atoms with Crippen molar-refractivity contribution in [1.82, 2.24) is 5.32 Å². The standard InChI is InChI=1S/C16H25BrN2O/c1-4-13-11-20-9-8-19(13)14-6-7-15(16(17)10-14)12(3)18-5-2/h6-7,10,12-13,18H,4-5,8-9,11H2,1-3H3. The lowest BCUT2D eigenvalue weighted by atomic mass is 10.1. The molecule has 0 saturated carbocycles. The molecule has 2 atom stereocenters. The van der Waals surface area contributed by atoms with Crippen molar-refractivity contribution in [3.05, 3.63) is 28.2 Å². The van der Waals surface area contributed by atoms with Crippen LogP contribution in [0.4, 0.5) is 5.69 Å². The van der Waals surface area contributed by atoms with Crippen LogP contribution in [0.25, 0.3) is 0 Å². The number of morpholine rings is 1. The largest absolute Gasteiger partial charge is 0.377 e. The van der Waals surface area contributed by atoms with Crippen molar-refractivity contribution in [1.29, 1.82) is 0 Å². The molecule has 1 aliphatic heterocycles. The van der Waals surface area contributed by atoms with Crippen LogP contribution in [0.5, 0.6) is 0 Å². The molecular formula is C16H25BrN2O. The van der Waals surface area contributed by atoms with Gasteiger partial charge in [0.1, 0.15) is 0 Å². The lowest BCUT2D eigenvalue weighted by molar-refractivity contribution is 0.0930. The number of rotatable bonds is 5. The van der Waals surface area contributed by atoms with Gasteiger partial charge in [-0.1, -0.05) is 35.8 Å². The van der Waals surface area contributed by atoms with Gasteiger partial charge in [0.15, 0.2) is 0 Å². The van der Waals surface area contributed by atoms with E-state index in [9.17, 15) is 0 Å². The maximum Gasteiger partial charge on any atom is 0.0670 e. The highest BCUT2D eigenvalue weighted by molar-refractivity contribution is 9.10. The fourth-order valence-electron chi connectivity index (χ4n) is 2.79. The van der Waals surface area contributed by atoms with Gasteiger partial charge >= 0.3 is 0 Å². The van der Waals surface area contributed by atoms with E-state index in [0.717, 1.165) is 32.7 Å². The van der Waals surface area contributed by atoms with Gasteiger partial charge in [0.2, 0.25) is 0 Å². The highest BCUT2D eigenvalue weighted by Crippen LogP contribution is 2.30. The summed E-state index contributed by atoms with van der Waals surface area (Å²) in [6.07, 6.45) is 1.12. The van der Waals surface area contributed by atoms with Crippen LogP contribution in [0.3, 0.4) is 0 Å². The smallest absolute Gasteiger partial charge is 0.0670 e. The van der Waals surface area contributed by atoms with E-state index in [1.165, 1.54) is 15.7 Å². The zero-order chi connectivity index (χ0) is 14.5. The van der Waals surface area contributed by atoms with Gasteiger partial charge in [0, 0.05) is 22.7 Å². The molecule has 2 rings (SSSR count). The van der Waals surface area contributed by atoms with Crippen molar-refractivity contribution in [2.24, 2.45) is 0 Å². The van der Waals surface area contributed by atoms with Crippen LogP contribution in [0.15, 0.2) is 22.7 Å². The van der Waals surface area contributed by atoms with E-state index in [0.29, 0.717) is 12.1 Å². The minimum Gasteiger partial charge on any atom is -0.377 e. The lowest BCUT2D eigenvalue weighted by Gasteiger charge is -2.37. The van der Waals surface area contributed by atoms with E-state index in [-0.39, 0.29) is 0 Å². The van der Waals surface area contributed by atoms with Gasteiger partial charge in [-0.3, -0.25) is 0 Å². The second-order valence-electron chi connectivity index (χ2n) is 5.32. The molecule has 0 amide bonds. The Hall–Kier alpha value is -0.580. The number of hydrogen-bond acceptors (Lipinski definition) is 3. The molecule has 1 saturated heterocycles. The Morgan fingerprint density at radius 1 is 1.45 bits per heavy atom. The minimum atomic E-state index is 0.370. The third kappa shape index (κ3) is 3.54. The summed E-state index contributed by atoms with van der Waals surface area (Å²) in [6.45, 7) is 10.2. The van der Waals surface area contributed by atoms with Crippen LogP contribution in [-0.4, -0.2) is 32.3 Å². The molecule has 1 N–H and O–H groups in total. The average Bonchev–Trinajstić information content (AvgIpc) is 2.47. The first-order chi connectivity index (χ1) is 9.67. The number of hydrogen-bond donors (Lipinski definition) is 1. The number of halogens is 1. The average molecular weight is 341 g/mol. The van der Waals surface area contributed by atoms with Crippen molar-refractivity contribution < 1.29 is 4.74 Å². The minimum absolute atomic E-state index is 0.370. The Morgan fingerprint density at radius 2 is 2.25 bits per heavy atom. The number of nitrogens with one attached hydrogen (secondary N) is 1. The molecule has 0 aromatic heterocycles. The van der Waals surface area contributed by atoms with E-state index >= 15 is 0 Å². The molecule has 0 aliphatic carbocycles. The molecule has 112 valence electrons. The van der Waals surface area contributed by atoms with Crippen molar-refractivity contribution in [3.63, 3.8) is 0 Å². The molecule has 1 aromatic carbocycles. The molecule has 1 aromatic rings. The summed E-state index contributed by atoms with van der Waals surface area (Å²) in [6, 6.07) is 7.58. The van der Waals surface area contributed by atoms with Crippen LogP contribution in [-0.2, 0) is 4.74 Å². The highest BCUT2D eigenvalue weighted by atomic mass is 79.9. The quantitative estimate of drug-likeness (QED) is 0.883. The lowest BCUT2D eigenvalue weighted by Crippen LogP contribution is -2.45. The van der Waals surface area contributed by atoms with Gasteiger partial charge < -0.3 is 15.0 Å². The van der Waals surface area contributed by atoms with E-state index in [1.807, 2.05) is 0 Å². The van der Waals surface area contributed by atoms with Crippen LogP contribution >= 0.6 is 15.9 Å². The Kier molecular flexibility index (Phi) is 5.87. The van der Waals surface area contributed by atoms with Gasteiger partial charge in [-0.25, -0.2) is 0 Å². The third-order valence-electron chi connectivity index (χ3n) is 3.99. The molecular weight excluding hydrogens is 316 g/mol. The Labute approximate surface area is 130 Å². The van der Waals surface area contributed by atoms with E-state index in [2.05, 4.69) is 65.1 Å². The van der Waals surface area contributed by atoms with Gasteiger partial charge in [-0.05, 0) is 37.6 Å². The monoisotopic (exact) mass is 340 g/mol. The number of anilines is 1. The van der Waals surface area contributed by atoms with Crippen LogP contribution in [0.1, 0.15) is 38.8 Å². The topological polar surface area (TPSA) is 24.5 Å². The molecule has 0 radical (unpaired) electrons. The summed E-state index contributed by atoms with van der Waals surface area (Å²) < 4.78 is 6.77. The van der Waals surface area contributed by atoms with Gasteiger partial charge in [-0.15, -0.1) is 0 Å². The zero-order valence-corrected chi connectivity index (χ0v) is 14.2. The summed E-state index contributed by atoms with van der Waals surface area (Å²) in [5.74, 6) is 0. The molecule has 0 bridgehead atoms. The molecule has 3 nitrogen and oxygen atoms in total. The maximum absolute atomic E-state index is 5.59. The second-order valence-corrected chi connectivity index (χ2v) is 6.17. The molecule has 4 heteroatoms. The first-order valence-corrected chi connectivity index (χ1v) is 8.33. The van der Waals surface area contributed by atoms with E-state index in [4.69, 9.17) is 4.74 Å². The molecule has 1 fully saturated rings. The maximum atomic E-state index is 5.59. The first-order valence-electron chi connectivity index (χ1n) is 7.54. The Morgan fingerprint density at radius 3 is 2.90 bits per heavy atom. The first kappa shape index (κ1) is 15.8. The Bertz CT molecular complexity index is 438. The third-order valence-corrected chi connectivity index (χ3v) is 4.68. The summed E-state index contributed by atoms with van der Waals surface area (Å²) in [4.78, 5) is 2.47. The molecule has 1 heterocycles. The van der Waals surface area contributed by atoms with Crippen molar-refractivity contribution >= 4 is 21.6 Å². The number of ether oxygens (including phenoxy) is 1. The molecule has 20 heavy (non-hydrogen) atoms.